The van der Waals surface area contributed by atoms with Crippen molar-refractivity contribution in [2.24, 2.45) is 5.41 Å². The number of aliphatic carboxylic acids is 1. The maximum absolute atomic E-state index is 12.3. The van der Waals surface area contributed by atoms with Crippen molar-refractivity contribution in [3.8, 4) is 6.07 Å². The zero-order chi connectivity index (χ0) is 14.8. The Morgan fingerprint density at radius 2 is 1.95 bits per heavy atom. The first-order chi connectivity index (χ1) is 9.46. The number of hydrogen-bond acceptors (Lipinski definition) is 4. The topological polar surface area (TPSA) is 93.9 Å². The summed E-state index contributed by atoms with van der Waals surface area (Å²) in [6, 6.07) is 1.88. The van der Waals surface area contributed by atoms with Crippen LogP contribution >= 0.6 is 0 Å². The number of likely N-dealkylation sites (tertiary alicyclic amines) is 1. The number of amides is 2. The lowest BCUT2D eigenvalue weighted by atomic mass is 9.80. The Bertz CT molecular complexity index is 437. The van der Waals surface area contributed by atoms with Gasteiger partial charge in [-0.05, 0) is 19.8 Å². The lowest BCUT2D eigenvalue weighted by molar-refractivity contribution is -0.150. The predicted molar refractivity (Wildman–Crippen MR) is 68.9 cm³/mol. The maximum atomic E-state index is 12.3. The summed E-state index contributed by atoms with van der Waals surface area (Å²) in [6.45, 7) is 3.72. The van der Waals surface area contributed by atoms with E-state index < -0.39 is 17.5 Å². The second-order valence-corrected chi connectivity index (χ2v) is 5.57. The van der Waals surface area contributed by atoms with Crippen LogP contribution < -0.4 is 0 Å². The zero-order valence-corrected chi connectivity index (χ0v) is 11.5. The van der Waals surface area contributed by atoms with Gasteiger partial charge in [-0.15, -0.1) is 0 Å². The van der Waals surface area contributed by atoms with E-state index in [1.807, 2.05) is 6.07 Å². The normalized spacial score (nSPS) is 25.9. The van der Waals surface area contributed by atoms with E-state index in [1.165, 1.54) is 0 Å². The second kappa shape index (κ2) is 5.67. The quantitative estimate of drug-likeness (QED) is 0.756. The number of ether oxygens (including phenoxy) is 1. The van der Waals surface area contributed by atoms with Gasteiger partial charge in [-0.25, -0.2) is 4.79 Å². The summed E-state index contributed by atoms with van der Waals surface area (Å²) in [6.07, 6.45) is 0.349. The average Bonchev–Trinajstić information content (AvgIpc) is 2.47. The van der Waals surface area contributed by atoms with Crippen molar-refractivity contribution in [2.75, 3.05) is 32.8 Å². The molecule has 2 heterocycles. The highest BCUT2D eigenvalue weighted by Gasteiger charge is 2.39. The molecule has 1 N–H and O–H groups in total. The summed E-state index contributed by atoms with van der Waals surface area (Å²) >= 11 is 0. The molecule has 110 valence electrons. The van der Waals surface area contributed by atoms with Crippen molar-refractivity contribution in [1.82, 2.24) is 9.80 Å². The molecule has 2 fully saturated rings. The molecule has 0 radical (unpaired) electrons. The number of carbonyl (C=O) groups excluding carboxylic acids is 1. The molecule has 7 heteroatoms. The summed E-state index contributed by atoms with van der Waals surface area (Å²) in [4.78, 5) is 26.8. The predicted octanol–water partition coefficient (Wildman–Crippen LogP) is 0.517. The van der Waals surface area contributed by atoms with Gasteiger partial charge in [0.2, 0.25) is 0 Å². The van der Waals surface area contributed by atoms with E-state index in [2.05, 4.69) is 0 Å². The standard InChI is InChI=1S/C13H19N3O4/c1-13(11(17)18)2-4-15(5-3-13)12(19)16-6-7-20-10(8-14)9-16/h10H,2-7,9H2,1H3,(H,17,18). The molecule has 0 spiro atoms. The molecular formula is C13H19N3O4. The fourth-order valence-electron chi connectivity index (χ4n) is 2.51. The van der Waals surface area contributed by atoms with Crippen molar-refractivity contribution >= 4 is 12.0 Å². The Morgan fingerprint density at radius 3 is 2.50 bits per heavy atom. The molecule has 0 aromatic carbocycles. The Hall–Kier alpha value is -1.81. The molecule has 0 aromatic rings. The average molecular weight is 281 g/mol. The van der Waals surface area contributed by atoms with E-state index in [0.717, 1.165) is 0 Å². The number of morpholine rings is 1. The number of carboxylic acid groups (broad SMARTS) is 1. The van der Waals surface area contributed by atoms with E-state index in [4.69, 9.17) is 10.00 Å². The van der Waals surface area contributed by atoms with Gasteiger partial charge in [-0.1, -0.05) is 0 Å². The summed E-state index contributed by atoms with van der Waals surface area (Å²) in [5.41, 5.74) is -0.739. The van der Waals surface area contributed by atoms with E-state index in [-0.39, 0.29) is 12.6 Å². The first kappa shape index (κ1) is 14.6. The number of urea groups is 1. The lowest BCUT2D eigenvalue weighted by Crippen LogP contribution is -2.54. The molecule has 2 aliphatic heterocycles. The molecule has 20 heavy (non-hydrogen) atoms. The molecule has 0 aromatic heterocycles. The van der Waals surface area contributed by atoms with Crippen LogP contribution in [0.1, 0.15) is 19.8 Å². The molecule has 2 amide bonds. The van der Waals surface area contributed by atoms with Crippen molar-refractivity contribution < 1.29 is 19.4 Å². The number of hydrogen-bond donors (Lipinski definition) is 1. The molecule has 2 rings (SSSR count). The highest BCUT2D eigenvalue weighted by Crippen LogP contribution is 2.31. The van der Waals surface area contributed by atoms with Crippen molar-refractivity contribution in [1.29, 1.82) is 5.26 Å². The van der Waals surface area contributed by atoms with E-state index in [0.29, 0.717) is 39.1 Å². The Labute approximate surface area is 117 Å². The van der Waals surface area contributed by atoms with Crippen molar-refractivity contribution in [3.05, 3.63) is 0 Å². The van der Waals surface area contributed by atoms with Crippen LogP contribution in [0.3, 0.4) is 0 Å². The summed E-state index contributed by atoms with van der Waals surface area (Å²) in [7, 11) is 0. The molecule has 7 nitrogen and oxygen atoms in total. The summed E-state index contributed by atoms with van der Waals surface area (Å²) < 4.78 is 5.21. The van der Waals surface area contributed by atoms with E-state index >= 15 is 0 Å². The number of rotatable bonds is 1. The first-order valence-corrected chi connectivity index (χ1v) is 6.75. The van der Waals surface area contributed by atoms with Crippen LogP contribution in [0.25, 0.3) is 0 Å². The number of piperidine rings is 1. The van der Waals surface area contributed by atoms with Crippen molar-refractivity contribution in [2.45, 2.75) is 25.9 Å². The molecule has 2 aliphatic rings. The second-order valence-electron chi connectivity index (χ2n) is 5.57. The molecule has 2 saturated heterocycles. The molecule has 1 unspecified atom stereocenters. The molecule has 0 bridgehead atoms. The van der Waals surface area contributed by atoms with Crippen LogP contribution in [0, 0.1) is 16.7 Å². The highest BCUT2D eigenvalue weighted by atomic mass is 16.5. The fraction of sp³-hybridized carbons (Fsp3) is 0.769. The molecule has 0 saturated carbocycles. The maximum Gasteiger partial charge on any atom is 0.320 e. The number of carboxylic acids is 1. The molecular weight excluding hydrogens is 262 g/mol. The molecule has 1 atom stereocenters. The smallest absolute Gasteiger partial charge is 0.320 e. The Balaban J connectivity index is 1.92. The van der Waals surface area contributed by atoms with Gasteiger partial charge in [0.15, 0.2) is 6.10 Å². The monoisotopic (exact) mass is 281 g/mol. The largest absolute Gasteiger partial charge is 0.481 e. The van der Waals surface area contributed by atoms with Crippen molar-refractivity contribution in [3.63, 3.8) is 0 Å². The third-order valence-corrected chi connectivity index (χ3v) is 4.13. The fourth-order valence-corrected chi connectivity index (χ4v) is 2.51. The highest BCUT2D eigenvalue weighted by molar-refractivity contribution is 5.77. The number of carbonyl (C=O) groups is 2. The van der Waals surface area contributed by atoms with Crippen LogP contribution in [0.2, 0.25) is 0 Å². The number of nitrogens with zero attached hydrogens (tertiary/aromatic N) is 3. The molecule has 0 aliphatic carbocycles. The first-order valence-electron chi connectivity index (χ1n) is 6.75. The number of nitriles is 1. The van der Waals surface area contributed by atoms with Gasteiger partial charge in [0.05, 0.1) is 24.6 Å². The third kappa shape index (κ3) is 2.85. The van der Waals surface area contributed by atoms with Gasteiger partial charge in [0.25, 0.3) is 0 Å². The third-order valence-electron chi connectivity index (χ3n) is 4.13. The minimum Gasteiger partial charge on any atom is -0.481 e. The van der Waals surface area contributed by atoms with Crippen LogP contribution in [0.5, 0.6) is 0 Å². The lowest BCUT2D eigenvalue weighted by Gasteiger charge is -2.40. The summed E-state index contributed by atoms with van der Waals surface area (Å²) in [5.74, 6) is -0.805. The zero-order valence-electron chi connectivity index (χ0n) is 11.5. The van der Waals surface area contributed by atoms with Crippen LogP contribution in [-0.4, -0.2) is 65.8 Å². The Kier molecular flexibility index (Phi) is 4.14. The van der Waals surface area contributed by atoms with Gasteiger partial charge < -0.3 is 19.6 Å². The van der Waals surface area contributed by atoms with Gasteiger partial charge >= 0.3 is 12.0 Å². The van der Waals surface area contributed by atoms with Gasteiger partial charge in [-0.3, -0.25) is 4.79 Å². The van der Waals surface area contributed by atoms with Gasteiger partial charge in [0.1, 0.15) is 0 Å². The van der Waals surface area contributed by atoms with Crippen LogP contribution in [0.4, 0.5) is 4.79 Å². The Morgan fingerprint density at radius 1 is 1.30 bits per heavy atom. The van der Waals surface area contributed by atoms with Crippen LogP contribution in [-0.2, 0) is 9.53 Å². The summed E-state index contributed by atoms with van der Waals surface area (Å²) in [5, 5.41) is 18.0. The van der Waals surface area contributed by atoms with Crippen LogP contribution in [0.15, 0.2) is 0 Å². The van der Waals surface area contributed by atoms with E-state index in [1.54, 1.807) is 16.7 Å². The van der Waals surface area contributed by atoms with Gasteiger partial charge in [-0.2, -0.15) is 5.26 Å². The minimum atomic E-state index is -0.805. The van der Waals surface area contributed by atoms with E-state index in [9.17, 15) is 14.7 Å². The minimum absolute atomic E-state index is 0.124. The van der Waals surface area contributed by atoms with Gasteiger partial charge in [0, 0.05) is 19.6 Å². The SMILES string of the molecule is CC1(C(=O)O)CCN(C(=O)N2CCOC(C#N)C2)CC1.